The van der Waals surface area contributed by atoms with Crippen molar-refractivity contribution in [2.75, 3.05) is 7.11 Å². The van der Waals surface area contributed by atoms with Crippen LogP contribution in [0.2, 0.25) is 5.02 Å². The van der Waals surface area contributed by atoms with Crippen LogP contribution < -0.4 is 0 Å². The van der Waals surface area contributed by atoms with Crippen molar-refractivity contribution in [2.45, 2.75) is 0 Å². The molecule has 1 aromatic rings. The molecule has 0 fully saturated rings. The molecule has 0 aliphatic heterocycles. The lowest BCUT2D eigenvalue weighted by molar-refractivity contribution is 0.0606. The third-order valence-electron chi connectivity index (χ3n) is 1.26. The SMILES string of the molecule is COC(=O)c1cc(Cl)cs1.O=C=NS(=O)(=O)N=C=O. The topological polar surface area (TPSA) is 119 Å². The highest BCUT2D eigenvalue weighted by atomic mass is 35.5. The maximum absolute atomic E-state index is 10.8. The van der Waals surface area contributed by atoms with E-state index in [2.05, 4.69) is 13.5 Å². The van der Waals surface area contributed by atoms with Crippen LogP contribution in [0.1, 0.15) is 9.67 Å². The molecule has 0 atom stereocenters. The molecule has 0 saturated heterocycles. The van der Waals surface area contributed by atoms with E-state index in [0.717, 1.165) is 0 Å². The van der Waals surface area contributed by atoms with Gasteiger partial charge in [-0.1, -0.05) is 20.4 Å². The first kappa shape index (κ1) is 17.2. The molecule has 102 valence electrons. The van der Waals surface area contributed by atoms with Gasteiger partial charge in [0.05, 0.1) is 12.1 Å². The molecule has 0 aliphatic carbocycles. The Balaban J connectivity index is 0.000000344. The molecular formula is C8H5ClN2O6S2. The zero-order valence-corrected chi connectivity index (χ0v) is 11.6. The number of esters is 1. The second-order valence-electron chi connectivity index (χ2n) is 2.43. The Bertz CT molecular complexity index is 616. The maximum Gasteiger partial charge on any atom is 0.383 e. The van der Waals surface area contributed by atoms with Crippen molar-refractivity contribution in [1.82, 2.24) is 0 Å². The summed E-state index contributed by atoms with van der Waals surface area (Å²) in [5.74, 6) is -0.336. The highest BCUT2D eigenvalue weighted by Crippen LogP contribution is 2.19. The van der Waals surface area contributed by atoms with Crippen LogP contribution in [0, 0.1) is 0 Å². The molecule has 0 unspecified atom stereocenters. The zero-order chi connectivity index (χ0) is 14.9. The van der Waals surface area contributed by atoms with Crippen molar-refractivity contribution >= 4 is 51.3 Å². The van der Waals surface area contributed by atoms with E-state index >= 15 is 0 Å². The van der Waals surface area contributed by atoms with Crippen molar-refractivity contribution in [2.24, 2.45) is 8.80 Å². The lowest BCUT2D eigenvalue weighted by atomic mass is 10.5. The monoisotopic (exact) mass is 324 g/mol. The molecule has 1 aromatic heterocycles. The predicted molar refractivity (Wildman–Crippen MR) is 65.8 cm³/mol. The number of hydrogen-bond donors (Lipinski definition) is 0. The Morgan fingerprint density at radius 3 is 2.21 bits per heavy atom. The average Bonchev–Trinajstić information content (AvgIpc) is 2.75. The van der Waals surface area contributed by atoms with Gasteiger partial charge in [-0.3, -0.25) is 0 Å². The van der Waals surface area contributed by atoms with Gasteiger partial charge in [-0.15, -0.1) is 11.3 Å². The second-order valence-corrected chi connectivity index (χ2v) is 5.04. The molecular weight excluding hydrogens is 320 g/mol. The van der Waals surface area contributed by atoms with Crippen LogP contribution in [0.15, 0.2) is 20.2 Å². The lowest BCUT2D eigenvalue weighted by Crippen LogP contribution is -1.96. The van der Waals surface area contributed by atoms with E-state index in [1.165, 1.54) is 18.4 Å². The third kappa shape index (κ3) is 7.24. The summed E-state index contributed by atoms with van der Waals surface area (Å²) in [6, 6.07) is 1.58. The van der Waals surface area contributed by atoms with Crippen LogP contribution in [-0.2, 0) is 24.5 Å². The summed E-state index contributed by atoms with van der Waals surface area (Å²) in [7, 11) is -2.94. The first-order valence-electron chi connectivity index (χ1n) is 4.12. The fourth-order valence-corrected chi connectivity index (χ4v) is 1.85. The van der Waals surface area contributed by atoms with Crippen molar-refractivity contribution in [3.63, 3.8) is 0 Å². The van der Waals surface area contributed by atoms with Gasteiger partial charge < -0.3 is 4.74 Å². The summed E-state index contributed by atoms with van der Waals surface area (Å²) >= 11 is 6.84. The van der Waals surface area contributed by atoms with Gasteiger partial charge in [-0.2, -0.15) is 8.42 Å². The van der Waals surface area contributed by atoms with Crippen LogP contribution in [0.4, 0.5) is 0 Å². The summed E-state index contributed by atoms with van der Waals surface area (Å²) < 4.78 is 28.8. The van der Waals surface area contributed by atoms with Crippen molar-refractivity contribution in [3.8, 4) is 0 Å². The molecule has 0 radical (unpaired) electrons. The third-order valence-corrected chi connectivity index (χ3v) is 3.13. The van der Waals surface area contributed by atoms with E-state index in [-0.39, 0.29) is 5.97 Å². The highest BCUT2D eigenvalue weighted by Gasteiger charge is 2.06. The van der Waals surface area contributed by atoms with E-state index in [1.54, 1.807) is 11.4 Å². The first-order valence-corrected chi connectivity index (χ1v) is 6.77. The molecule has 11 heteroatoms. The molecule has 0 bridgehead atoms. The number of hydrogen-bond acceptors (Lipinski definition) is 7. The van der Waals surface area contributed by atoms with E-state index < -0.39 is 10.2 Å². The maximum atomic E-state index is 10.8. The summed E-state index contributed by atoms with van der Waals surface area (Å²) in [5.41, 5.74) is 0. The average molecular weight is 325 g/mol. The smallest absolute Gasteiger partial charge is 0.383 e. The first-order chi connectivity index (χ1) is 8.86. The predicted octanol–water partition coefficient (Wildman–Crippen LogP) is 1.09. The number of thiophene rings is 1. The molecule has 0 N–H and O–H groups in total. The largest absolute Gasteiger partial charge is 0.465 e. The Hall–Kier alpha value is -1.83. The highest BCUT2D eigenvalue weighted by molar-refractivity contribution is 7.89. The molecule has 19 heavy (non-hydrogen) atoms. The van der Waals surface area contributed by atoms with E-state index in [9.17, 15) is 22.8 Å². The van der Waals surface area contributed by atoms with Gasteiger partial charge >= 0.3 is 16.2 Å². The number of carbonyl (C=O) groups is 1. The number of ether oxygens (including phenoxy) is 1. The van der Waals surface area contributed by atoms with Gasteiger partial charge in [-0.25, -0.2) is 14.4 Å². The Morgan fingerprint density at radius 2 is 1.89 bits per heavy atom. The molecule has 0 amide bonds. The summed E-state index contributed by atoms with van der Waals surface area (Å²) in [5, 5.41) is 2.26. The Kier molecular flexibility index (Phi) is 7.50. The zero-order valence-electron chi connectivity index (χ0n) is 9.19. The number of isocyanates is 2. The van der Waals surface area contributed by atoms with Gasteiger partial charge in [0, 0.05) is 5.38 Å². The molecule has 0 aromatic carbocycles. The molecule has 8 nitrogen and oxygen atoms in total. The number of rotatable bonds is 3. The lowest BCUT2D eigenvalue weighted by Gasteiger charge is -1.90. The van der Waals surface area contributed by atoms with Crippen LogP contribution in [-0.4, -0.2) is 33.7 Å². The molecule has 1 heterocycles. The summed E-state index contributed by atoms with van der Waals surface area (Å²) in [4.78, 5) is 29.8. The number of carbonyl (C=O) groups excluding carboxylic acids is 3. The Labute approximate surface area is 116 Å². The van der Waals surface area contributed by atoms with Crippen LogP contribution >= 0.6 is 22.9 Å². The summed E-state index contributed by atoms with van der Waals surface area (Å²) in [6.45, 7) is 0. The number of halogens is 1. The van der Waals surface area contributed by atoms with Crippen molar-refractivity contribution in [3.05, 3.63) is 21.3 Å². The minimum Gasteiger partial charge on any atom is -0.465 e. The van der Waals surface area contributed by atoms with Crippen LogP contribution in [0.3, 0.4) is 0 Å². The van der Waals surface area contributed by atoms with Gasteiger partial charge in [0.2, 0.25) is 0 Å². The van der Waals surface area contributed by atoms with Crippen LogP contribution in [0.25, 0.3) is 0 Å². The second kappa shape index (κ2) is 8.30. The number of nitrogens with zero attached hydrogens (tertiary/aromatic N) is 2. The Morgan fingerprint density at radius 1 is 1.37 bits per heavy atom. The van der Waals surface area contributed by atoms with E-state index in [0.29, 0.717) is 22.1 Å². The van der Waals surface area contributed by atoms with E-state index in [4.69, 9.17) is 11.6 Å². The molecule has 0 aliphatic rings. The molecule has 0 saturated carbocycles. The fraction of sp³-hybridized carbons (Fsp3) is 0.125. The minimum absolute atomic E-state index is 0.336. The summed E-state index contributed by atoms with van der Waals surface area (Å²) in [6.07, 6.45) is 1.41. The van der Waals surface area contributed by atoms with Crippen LogP contribution in [0.5, 0.6) is 0 Å². The van der Waals surface area contributed by atoms with Gasteiger partial charge in [0.25, 0.3) is 12.2 Å². The molecule has 1 rings (SSSR count). The van der Waals surface area contributed by atoms with Crippen molar-refractivity contribution < 1.29 is 27.5 Å². The normalized spacial score (nSPS) is 9.16. The van der Waals surface area contributed by atoms with E-state index in [1.807, 2.05) is 0 Å². The molecule has 0 spiro atoms. The van der Waals surface area contributed by atoms with Gasteiger partial charge in [-0.05, 0) is 6.07 Å². The van der Waals surface area contributed by atoms with Gasteiger partial charge in [0.15, 0.2) is 0 Å². The van der Waals surface area contributed by atoms with Crippen molar-refractivity contribution in [1.29, 1.82) is 0 Å². The number of methoxy groups -OCH3 is 1. The van der Waals surface area contributed by atoms with Gasteiger partial charge in [0.1, 0.15) is 4.88 Å². The fourth-order valence-electron chi connectivity index (χ4n) is 0.635. The quantitative estimate of drug-likeness (QED) is 0.466. The minimum atomic E-state index is -4.28. The standard InChI is InChI=1S/C6H5ClO2S.C2N2O4S/c1-9-6(8)5-2-4(7)3-10-5;5-1-3-9(7,8)4-2-6/h2-3H,1H3;.